The van der Waals surface area contributed by atoms with E-state index in [4.69, 9.17) is 5.11 Å². The number of carbonyl (C=O) groups is 1. The Morgan fingerprint density at radius 1 is 1.44 bits per heavy atom. The summed E-state index contributed by atoms with van der Waals surface area (Å²) in [6.45, 7) is 2.72. The van der Waals surface area contributed by atoms with Crippen LogP contribution in [0.25, 0.3) is 0 Å². The summed E-state index contributed by atoms with van der Waals surface area (Å²) in [7, 11) is 1.33. The van der Waals surface area contributed by atoms with E-state index < -0.39 is 23.9 Å². The molecule has 0 spiro atoms. The number of aliphatic carboxylic acids is 1. The summed E-state index contributed by atoms with van der Waals surface area (Å²) in [5.41, 5.74) is -0.966. The molecule has 100 valence electrons. The SMILES string of the molecule is Cc1cc(C(F)(F)F)nc(N(C)C(C)C(=O)O)n1. The highest BCUT2D eigenvalue weighted by Gasteiger charge is 2.34. The number of nitrogens with zero attached hydrogens (tertiary/aromatic N) is 3. The van der Waals surface area contributed by atoms with Crippen molar-refractivity contribution in [3.63, 3.8) is 0 Å². The van der Waals surface area contributed by atoms with Gasteiger partial charge in [-0.15, -0.1) is 0 Å². The number of anilines is 1. The molecular formula is C10H12F3N3O2. The maximum atomic E-state index is 12.5. The maximum absolute atomic E-state index is 12.5. The number of hydrogen-bond donors (Lipinski definition) is 1. The van der Waals surface area contributed by atoms with Gasteiger partial charge in [-0.25, -0.2) is 14.8 Å². The van der Waals surface area contributed by atoms with Crippen LogP contribution in [0, 0.1) is 6.92 Å². The van der Waals surface area contributed by atoms with Crippen LogP contribution in [-0.4, -0.2) is 34.1 Å². The van der Waals surface area contributed by atoms with E-state index in [1.54, 1.807) is 0 Å². The summed E-state index contributed by atoms with van der Waals surface area (Å²) in [5.74, 6) is -1.44. The molecule has 0 saturated carbocycles. The van der Waals surface area contributed by atoms with Gasteiger partial charge in [-0.05, 0) is 19.9 Å². The molecule has 0 aliphatic carbocycles. The van der Waals surface area contributed by atoms with E-state index in [1.165, 1.54) is 20.9 Å². The first-order valence-corrected chi connectivity index (χ1v) is 5.01. The van der Waals surface area contributed by atoms with Crippen LogP contribution in [0.15, 0.2) is 6.07 Å². The molecule has 0 amide bonds. The van der Waals surface area contributed by atoms with Crippen molar-refractivity contribution in [2.75, 3.05) is 11.9 Å². The number of carboxylic acid groups (broad SMARTS) is 1. The summed E-state index contributed by atoms with van der Waals surface area (Å²) in [5, 5.41) is 8.79. The molecule has 0 saturated heterocycles. The molecule has 0 aliphatic heterocycles. The third-order valence-electron chi connectivity index (χ3n) is 2.39. The van der Waals surface area contributed by atoms with Crippen molar-refractivity contribution in [1.29, 1.82) is 0 Å². The molecule has 1 rings (SSSR count). The minimum atomic E-state index is -4.59. The minimum absolute atomic E-state index is 0.122. The highest BCUT2D eigenvalue weighted by atomic mass is 19.4. The quantitative estimate of drug-likeness (QED) is 0.899. The average molecular weight is 263 g/mol. The number of rotatable bonds is 3. The third kappa shape index (κ3) is 3.08. The summed E-state index contributed by atoms with van der Waals surface area (Å²) >= 11 is 0. The molecule has 0 fully saturated rings. The van der Waals surface area contributed by atoms with Gasteiger partial charge in [0.05, 0.1) is 0 Å². The second kappa shape index (κ2) is 4.79. The van der Waals surface area contributed by atoms with E-state index in [-0.39, 0.29) is 11.6 Å². The molecule has 18 heavy (non-hydrogen) atoms. The van der Waals surface area contributed by atoms with Gasteiger partial charge in [0.1, 0.15) is 11.7 Å². The molecule has 1 aromatic rings. The Morgan fingerprint density at radius 2 is 2.00 bits per heavy atom. The van der Waals surface area contributed by atoms with Gasteiger partial charge in [0.15, 0.2) is 0 Å². The monoisotopic (exact) mass is 263 g/mol. The zero-order valence-electron chi connectivity index (χ0n) is 9.99. The Balaban J connectivity index is 3.18. The molecule has 0 aromatic carbocycles. The van der Waals surface area contributed by atoms with Gasteiger partial charge < -0.3 is 10.0 Å². The molecule has 1 unspecified atom stereocenters. The Morgan fingerprint density at radius 3 is 2.44 bits per heavy atom. The predicted molar refractivity (Wildman–Crippen MR) is 57.3 cm³/mol. The first-order valence-electron chi connectivity index (χ1n) is 5.01. The van der Waals surface area contributed by atoms with Crippen molar-refractivity contribution in [3.8, 4) is 0 Å². The van der Waals surface area contributed by atoms with Crippen LogP contribution in [0.5, 0.6) is 0 Å². The zero-order chi connectivity index (χ0) is 14.1. The first kappa shape index (κ1) is 14.2. The number of hydrogen-bond acceptors (Lipinski definition) is 4. The van der Waals surface area contributed by atoms with Gasteiger partial charge in [-0.2, -0.15) is 13.2 Å². The highest BCUT2D eigenvalue weighted by Crippen LogP contribution is 2.29. The van der Waals surface area contributed by atoms with Crippen LogP contribution < -0.4 is 4.90 Å². The van der Waals surface area contributed by atoms with E-state index >= 15 is 0 Å². The van der Waals surface area contributed by atoms with Crippen LogP contribution in [0.1, 0.15) is 18.3 Å². The molecule has 1 aromatic heterocycles. The fourth-order valence-corrected chi connectivity index (χ4v) is 1.19. The maximum Gasteiger partial charge on any atom is 0.433 e. The van der Waals surface area contributed by atoms with E-state index in [2.05, 4.69) is 9.97 Å². The van der Waals surface area contributed by atoms with E-state index in [0.29, 0.717) is 0 Å². The van der Waals surface area contributed by atoms with Crippen molar-refractivity contribution >= 4 is 11.9 Å². The molecule has 1 heterocycles. The van der Waals surface area contributed by atoms with Crippen molar-refractivity contribution in [2.45, 2.75) is 26.1 Å². The number of aromatic nitrogens is 2. The molecule has 0 bridgehead atoms. The molecule has 1 atom stereocenters. The van der Waals surface area contributed by atoms with Crippen LogP contribution in [0.2, 0.25) is 0 Å². The van der Waals surface area contributed by atoms with E-state index in [9.17, 15) is 18.0 Å². The summed E-state index contributed by atoms with van der Waals surface area (Å²) < 4.78 is 37.6. The summed E-state index contributed by atoms with van der Waals surface area (Å²) in [6, 6.07) is -0.212. The standard InChI is InChI=1S/C10H12F3N3O2/c1-5-4-7(10(11,12)13)15-9(14-5)16(3)6(2)8(17)18/h4,6H,1-3H3,(H,17,18). The van der Waals surface area contributed by atoms with Crippen molar-refractivity contribution in [1.82, 2.24) is 9.97 Å². The molecule has 5 nitrogen and oxygen atoms in total. The highest BCUT2D eigenvalue weighted by molar-refractivity contribution is 5.76. The second-order valence-corrected chi connectivity index (χ2v) is 3.82. The molecule has 0 aliphatic rings. The van der Waals surface area contributed by atoms with Gasteiger partial charge in [0, 0.05) is 12.7 Å². The van der Waals surface area contributed by atoms with Crippen LogP contribution in [0.4, 0.5) is 19.1 Å². The van der Waals surface area contributed by atoms with Gasteiger partial charge >= 0.3 is 12.1 Å². The lowest BCUT2D eigenvalue weighted by Gasteiger charge is -2.22. The van der Waals surface area contributed by atoms with Gasteiger partial charge in [-0.3, -0.25) is 0 Å². The minimum Gasteiger partial charge on any atom is -0.480 e. The molecular weight excluding hydrogens is 251 g/mol. The Kier molecular flexibility index (Phi) is 3.78. The molecule has 0 radical (unpaired) electrons. The number of halogens is 3. The van der Waals surface area contributed by atoms with E-state index in [1.807, 2.05) is 0 Å². The first-order chi connectivity index (χ1) is 8.12. The molecule has 1 N–H and O–H groups in total. The fourth-order valence-electron chi connectivity index (χ4n) is 1.19. The lowest BCUT2D eigenvalue weighted by molar-refractivity contribution is -0.141. The van der Waals surface area contributed by atoms with Crippen molar-refractivity contribution < 1.29 is 23.1 Å². The van der Waals surface area contributed by atoms with Crippen LogP contribution >= 0.6 is 0 Å². The smallest absolute Gasteiger partial charge is 0.433 e. The normalized spacial score (nSPS) is 13.2. The van der Waals surface area contributed by atoms with Gasteiger partial charge in [-0.1, -0.05) is 0 Å². The number of alkyl halides is 3. The van der Waals surface area contributed by atoms with Crippen LogP contribution in [-0.2, 0) is 11.0 Å². The van der Waals surface area contributed by atoms with Gasteiger partial charge in [0.2, 0.25) is 5.95 Å². The number of likely N-dealkylation sites (N-methyl/N-ethyl adjacent to an activating group) is 1. The predicted octanol–water partition coefficient (Wildman–Crippen LogP) is 1.71. The third-order valence-corrected chi connectivity index (χ3v) is 2.39. The number of aryl methyl sites for hydroxylation is 1. The second-order valence-electron chi connectivity index (χ2n) is 3.82. The Hall–Kier alpha value is -1.86. The van der Waals surface area contributed by atoms with E-state index in [0.717, 1.165) is 11.0 Å². The van der Waals surface area contributed by atoms with Crippen molar-refractivity contribution in [2.24, 2.45) is 0 Å². The Labute approximate surface area is 101 Å². The van der Waals surface area contributed by atoms with Crippen LogP contribution in [0.3, 0.4) is 0 Å². The Bertz CT molecular complexity index is 462. The van der Waals surface area contributed by atoms with Gasteiger partial charge in [0.25, 0.3) is 0 Å². The van der Waals surface area contributed by atoms with Crippen molar-refractivity contribution in [3.05, 3.63) is 17.5 Å². The summed E-state index contributed by atoms with van der Waals surface area (Å²) in [6.07, 6.45) is -4.59. The molecule has 8 heteroatoms. The lowest BCUT2D eigenvalue weighted by Crippen LogP contribution is -2.37. The zero-order valence-corrected chi connectivity index (χ0v) is 9.99. The fraction of sp³-hybridized carbons (Fsp3) is 0.500. The lowest BCUT2D eigenvalue weighted by atomic mass is 10.3. The number of carboxylic acids is 1. The average Bonchev–Trinajstić information content (AvgIpc) is 2.24. The summed E-state index contributed by atoms with van der Waals surface area (Å²) in [4.78, 5) is 19.0. The topological polar surface area (TPSA) is 66.3 Å². The largest absolute Gasteiger partial charge is 0.480 e.